The molecule has 12 rings (SSSR count). The smallest absolute Gasteiger partial charge is 0.159 e. The zero-order chi connectivity index (χ0) is 45.9. The van der Waals surface area contributed by atoms with E-state index in [4.69, 9.17) is 8.83 Å². The lowest BCUT2D eigenvalue weighted by atomic mass is 9.95. The fourth-order valence-corrected chi connectivity index (χ4v) is 10.3. The van der Waals surface area contributed by atoms with E-state index in [0.717, 1.165) is 100 Å². The maximum absolute atomic E-state index is 6.98. The minimum absolute atomic E-state index is 0.857. The third-order valence-corrected chi connectivity index (χ3v) is 13.6. The number of aryl methyl sites for hydroxylation is 4. The van der Waals surface area contributed by atoms with Crippen molar-refractivity contribution in [3.63, 3.8) is 0 Å². The number of benzene rings is 10. The van der Waals surface area contributed by atoms with Crippen LogP contribution in [0.25, 0.3) is 77.3 Å². The van der Waals surface area contributed by atoms with Crippen LogP contribution in [0.5, 0.6) is 0 Å². The number of hydrogen-bond donors (Lipinski definition) is 0. The van der Waals surface area contributed by atoms with Gasteiger partial charge in [0.05, 0.1) is 11.4 Å². The molecule has 0 spiro atoms. The highest BCUT2D eigenvalue weighted by Crippen LogP contribution is 2.48. The van der Waals surface area contributed by atoms with Crippen LogP contribution >= 0.6 is 0 Å². The summed E-state index contributed by atoms with van der Waals surface area (Å²) >= 11 is 0. The van der Waals surface area contributed by atoms with Crippen LogP contribution in [-0.2, 0) is 0 Å². The second-order valence-electron chi connectivity index (χ2n) is 17.9. The van der Waals surface area contributed by atoms with Crippen LogP contribution in [-0.4, -0.2) is 0 Å². The van der Waals surface area contributed by atoms with E-state index in [0.29, 0.717) is 0 Å². The van der Waals surface area contributed by atoms with E-state index in [1.54, 1.807) is 0 Å². The summed E-state index contributed by atoms with van der Waals surface area (Å²) in [4.78, 5) is 4.72. The van der Waals surface area contributed by atoms with Crippen molar-refractivity contribution in [1.82, 2.24) is 0 Å². The van der Waals surface area contributed by atoms with Crippen molar-refractivity contribution in [2.75, 3.05) is 9.80 Å². The standard InChI is InChI=1S/C64H48N2O2/c1-41-19-11-13-31-57(41)65(59-33-17-29-55-53-27-15-25-51(61(53)67-63(55)59)45-21-7-5-8-22-45)47-35-37-49(43(3)39-47)50-38-36-48(40-44(50)4)66(58-32-14-12-20-42(58)2)60-34-18-30-56-54-28-16-26-52(62(54)68-64(56)60)46-23-9-6-10-24-46/h5-40H,1-4H3. The van der Waals surface area contributed by atoms with Gasteiger partial charge in [0.2, 0.25) is 0 Å². The molecule has 4 nitrogen and oxygen atoms in total. The first kappa shape index (κ1) is 40.9. The summed E-state index contributed by atoms with van der Waals surface area (Å²) in [6.45, 7) is 8.80. The van der Waals surface area contributed by atoms with Crippen molar-refractivity contribution >= 4 is 78.0 Å². The molecule has 4 heteroatoms. The molecular formula is C64H48N2O2. The van der Waals surface area contributed by atoms with Crippen molar-refractivity contribution in [2.24, 2.45) is 0 Å². The van der Waals surface area contributed by atoms with Gasteiger partial charge in [-0.3, -0.25) is 0 Å². The highest BCUT2D eigenvalue weighted by Gasteiger charge is 2.25. The molecule has 0 unspecified atom stereocenters. The number of para-hydroxylation sites is 6. The average Bonchev–Trinajstić information content (AvgIpc) is 3.96. The highest BCUT2D eigenvalue weighted by molar-refractivity contribution is 6.15. The normalized spacial score (nSPS) is 11.5. The summed E-state index contributed by atoms with van der Waals surface area (Å²) in [5.41, 5.74) is 21.3. The Bertz CT molecular complexity index is 3610. The highest BCUT2D eigenvalue weighted by atomic mass is 16.3. The van der Waals surface area contributed by atoms with Gasteiger partial charge in [-0.1, -0.05) is 170 Å². The van der Waals surface area contributed by atoms with Gasteiger partial charge in [0.1, 0.15) is 11.2 Å². The zero-order valence-corrected chi connectivity index (χ0v) is 38.5. The Hall–Kier alpha value is -8.60. The van der Waals surface area contributed by atoms with Crippen molar-refractivity contribution in [2.45, 2.75) is 27.7 Å². The van der Waals surface area contributed by atoms with Gasteiger partial charge in [0.25, 0.3) is 0 Å². The second-order valence-corrected chi connectivity index (χ2v) is 17.9. The molecular weight excluding hydrogens is 829 g/mol. The number of nitrogens with zero attached hydrogens (tertiary/aromatic N) is 2. The Labute approximate surface area is 396 Å². The quantitative estimate of drug-likeness (QED) is 0.145. The van der Waals surface area contributed by atoms with E-state index in [2.05, 4.69) is 256 Å². The lowest BCUT2D eigenvalue weighted by Crippen LogP contribution is -2.12. The fraction of sp³-hybridized carbons (Fsp3) is 0.0625. The van der Waals surface area contributed by atoms with Gasteiger partial charge in [0, 0.05) is 55.4 Å². The molecule has 0 radical (unpaired) electrons. The fourth-order valence-electron chi connectivity index (χ4n) is 10.3. The molecule has 0 N–H and O–H groups in total. The number of furan rings is 2. The molecule has 0 atom stereocenters. The van der Waals surface area contributed by atoms with Crippen molar-refractivity contribution in [3.05, 3.63) is 241 Å². The van der Waals surface area contributed by atoms with E-state index in [1.165, 1.54) is 33.4 Å². The summed E-state index contributed by atoms with van der Waals surface area (Å²) in [6.07, 6.45) is 0. The molecule has 2 aromatic heterocycles. The lowest BCUT2D eigenvalue weighted by Gasteiger charge is -2.28. The van der Waals surface area contributed by atoms with Gasteiger partial charge in [-0.25, -0.2) is 0 Å². The van der Waals surface area contributed by atoms with Crippen LogP contribution < -0.4 is 9.80 Å². The van der Waals surface area contributed by atoms with Crippen LogP contribution in [0, 0.1) is 27.7 Å². The average molecular weight is 877 g/mol. The Morgan fingerprint density at radius 2 is 0.618 bits per heavy atom. The molecule has 10 aromatic carbocycles. The van der Waals surface area contributed by atoms with Crippen LogP contribution in [0.2, 0.25) is 0 Å². The lowest BCUT2D eigenvalue weighted by molar-refractivity contribution is 0.670. The monoisotopic (exact) mass is 876 g/mol. The Morgan fingerprint density at radius 1 is 0.265 bits per heavy atom. The van der Waals surface area contributed by atoms with Gasteiger partial charge < -0.3 is 18.6 Å². The summed E-state index contributed by atoms with van der Waals surface area (Å²) in [5.74, 6) is 0. The van der Waals surface area contributed by atoms with E-state index >= 15 is 0 Å². The molecule has 0 fully saturated rings. The van der Waals surface area contributed by atoms with E-state index in [1.807, 2.05) is 0 Å². The van der Waals surface area contributed by atoms with Crippen molar-refractivity contribution in [1.29, 1.82) is 0 Å². The topological polar surface area (TPSA) is 32.8 Å². The molecule has 12 aromatic rings. The molecule has 2 heterocycles. The molecule has 0 saturated heterocycles. The number of hydrogen-bond acceptors (Lipinski definition) is 4. The van der Waals surface area contributed by atoms with Gasteiger partial charge in [-0.05, 0) is 121 Å². The Morgan fingerprint density at radius 3 is 1.01 bits per heavy atom. The maximum Gasteiger partial charge on any atom is 0.159 e. The molecule has 68 heavy (non-hydrogen) atoms. The van der Waals surface area contributed by atoms with E-state index in [9.17, 15) is 0 Å². The third-order valence-electron chi connectivity index (χ3n) is 13.6. The van der Waals surface area contributed by atoms with Gasteiger partial charge in [0.15, 0.2) is 11.2 Å². The third kappa shape index (κ3) is 6.84. The summed E-state index contributed by atoms with van der Waals surface area (Å²) in [6, 6.07) is 77.8. The first-order valence-electron chi connectivity index (χ1n) is 23.3. The molecule has 0 aliphatic heterocycles. The summed E-state index contributed by atoms with van der Waals surface area (Å²) in [5, 5.41) is 4.38. The largest absolute Gasteiger partial charge is 0.453 e. The summed E-state index contributed by atoms with van der Waals surface area (Å²) < 4.78 is 14.0. The van der Waals surface area contributed by atoms with Crippen molar-refractivity contribution in [3.8, 4) is 33.4 Å². The molecule has 0 bridgehead atoms. The Balaban J connectivity index is 0.965. The molecule has 326 valence electrons. The molecule has 0 aliphatic rings. The first-order valence-corrected chi connectivity index (χ1v) is 23.3. The van der Waals surface area contributed by atoms with Gasteiger partial charge in [-0.2, -0.15) is 0 Å². The number of fused-ring (bicyclic) bond motifs is 6. The Kier molecular flexibility index (Phi) is 10.0. The first-order chi connectivity index (χ1) is 33.4. The minimum atomic E-state index is 0.857. The molecule has 0 aliphatic carbocycles. The zero-order valence-electron chi connectivity index (χ0n) is 38.5. The summed E-state index contributed by atoms with van der Waals surface area (Å²) in [7, 11) is 0. The predicted molar refractivity (Wildman–Crippen MR) is 286 cm³/mol. The van der Waals surface area contributed by atoms with Crippen LogP contribution in [0.1, 0.15) is 22.3 Å². The minimum Gasteiger partial charge on any atom is -0.453 e. The molecule has 0 amide bonds. The predicted octanol–water partition coefficient (Wildman–Crippen LogP) is 18.7. The van der Waals surface area contributed by atoms with Crippen molar-refractivity contribution < 1.29 is 8.83 Å². The second kappa shape index (κ2) is 16.7. The van der Waals surface area contributed by atoms with Gasteiger partial charge >= 0.3 is 0 Å². The number of anilines is 6. The van der Waals surface area contributed by atoms with Gasteiger partial charge in [-0.15, -0.1) is 0 Å². The van der Waals surface area contributed by atoms with Crippen LogP contribution in [0.15, 0.2) is 227 Å². The SMILES string of the molecule is Cc1cc(N(c2ccccc2C)c2cccc3c2oc2c(-c4ccccc4)cccc23)ccc1-c1ccc(N(c2ccccc2C)c2cccc3c2oc2c(-c4ccccc4)cccc23)cc1C. The van der Waals surface area contributed by atoms with Crippen LogP contribution in [0.4, 0.5) is 34.1 Å². The number of rotatable bonds is 9. The van der Waals surface area contributed by atoms with E-state index in [-0.39, 0.29) is 0 Å². The van der Waals surface area contributed by atoms with E-state index < -0.39 is 0 Å². The maximum atomic E-state index is 6.98. The molecule has 0 saturated carbocycles. The van der Waals surface area contributed by atoms with Crippen LogP contribution in [0.3, 0.4) is 0 Å².